The lowest BCUT2D eigenvalue weighted by atomic mass is 10.2. The largest absolute Gasteiger partial charge is 0.331 e. The summed E-state index contributed by atoms with van der Waals surface area (Å²) in [6, 6.07) is 7.88. The number of thiophene rings is 1. The first-order valence-electron chi connectivity index (χ1n) is 6.37. The molecule has 0 saturated carbocycles. The second-order valence-electron chi connectivity index (χ2n) is 4.47. The zero-order chi connectivity index (χ0) is 16.1. The summed E-state index contributed by atoms with van der Waals surface area (Å²) in [4.78, 5) is 24.2. The van der Waals surface area contributed by atoms with Gasteiger partial charge in [-0.25, -0.2) is 14.7 Å². The second kappa shape index (κ2) is 7.01. The Morgan fingerprint density at radius 2 is 1.86 bits per heavy atom. The molecule has 0 aliphatic carbocycles. The highest BCUT2D eigenvalue weighted by Crippen LogP contribution is 2.23. The van der Waals surface area contributed by atoms with Gasteiger partial charge in [0.2, 0.25) is 0 Å². The Labute approximate surface area is 129 Å². The zero-order valence-corrected chi connectivity index (χ0v) is 12.4. The fourth-order valence-corrected chi connectivity index (χ4v) is 2.63. The molecular formula is C14H14FN3O3S. The number of nitrogens with one attached hydrogen (secondary N) is 3. The molecule has 1 atom stereocenters. The molecule has 0 fully saturated rings. The molecule has 0 aliphatic heterocycles. The fraction of sp³-hybridized carbons (Fsp3) is 0.143. The van der Waals surface area contributed by atoms with Crippen LogP contribution >= 0.6 is 11.3 Å². The third kappa shape index (κ3) is 4.03. The first-order valence-corrected chi connectivity index (χ1v) is 7.18. The van der Waals surface area contributed by atoms with Crippen molar-refractivity contribution in [3.63, 3.8) is 0 Å². The van der Waals surface area contributed by atoms with Gasteiger partial charge in [0, 0.05) is 10.6 Å². The van der Waals surface area contributed by atoms with Crippen molar-refractivity contribution in [2.75, 3.05) is 5.32 Å². The van der Waals surface area contributed by atoms with E-state index in [1.165, 1.54) is 24.3 Å². The van der Waals surface area contributed by atoms with Crippen LogP contribution in [0.2, 0.25) is 0 Å². The minimum atomic E-state index is -0.598. The number of anilines is 1. The maximum Gasteiger partial charge on any atom is 0.319 e. The predicted octanol–water partition coefficient (Wildman–Crippen LogP) is 2.89. The molecule has 0 bridgehead atoms. The monoisotopic (exact) mass is 323 g/mol. The molecule has 1 aromatic heterocycles. The van der Waals surface area contributed by atoms with Crippen LogP contribution in [0.3, 0.4) is 0 Å². The number of benzene rings is 1. The van der Waals surface area contributed by atoms with Crippen LogP contribution in [0.1, 0.15) is 27.5 Å². The maximum absolute atomic E-state index is 12.8. The van der Waals surface area contributed by atoms with E-state index < -0.39 is 11.9 Å². The Bertz CT molecular complexity index is 672. The van der Waals surface area contributed by atoms with Crippen LogP contribution in [0.25, 0.3) is 0 Å². The SMILES string of the molecule is CC(NC(=O)Nc1ccc(F)cc1)c1ccc(C(=O)NO)s1. The van der Waals surface area contributed by atoms with Crippen LogP contribution < -0.4 is 16.1 Å². The van der Waals surface area contributed by atoms with Crippen molar-refractivity contribution in [1.82, 2.24) is 10.8 Å². The van der Waals surface area contributed by atoms with Gasteiger partial charge >= 0.3 is 6.03 Å². The summed E-state index contributed by atoms with van der Waals surface area (Å²) in [5.74, 6) is -0.980. The Kier molecular flexibility index (Phi) is 5.08. The molecule has 0 saturated heterocycles. The summed E-state index contributed by atoms with van der Waals surface area (Å²) in [6.45, 7) is 1.76. The molecule has 6 nitrogen and oxygen atoms in total. The number of carbonyl (C=O) groups is 2. The zero-order valence-electron chi connectivity index (χ0n) is 11.6. The number of hydroxylamine groups is 1. The summed E-state index contributed by atoms with van der Waals surface area (Å²) in [5, 5.41) is 13.8. The third-order valence-electron chi connectivity index (χ3n) is 2.83. The summed E-state index contributed by atoms with van der Waals surface area (Å²) >= 11 is 1.16. The average Bonchev–Trinajstić information content (AvgIpc) is 2.98. The first kappa shape index (κ1) is 15.9. The molecule has 1 heterocycles. The lowest BCUT2D eigenvalue weighted by Gasteiger charge is -2.13. The standard InChI is InChI=1S/C14H14FN3O3S/c1-8(11-6-7-12(22-11)13(19)18-21)16-14(20)17-10-4-2-9(15)3-5-10/h2-8,21H,1H3,(H,18,19)(H2,16,17,20). The van der Waals surface area contributed by atoms with E-state index in [9.17, 15) is 14.0 Å². The van der Waals surface area contributed by atoms with Crippen molar-refractivity contribution in [3.8, 4) is 0 Å². The van der Waals surface area contributed by atoms with Gasteiger partial charge < -0.3 is 10.6 Å². The van der Waals surface area contributed by atoms with Gasteiger partial charge in [0.25, 0.3) is 5.91 Å². The van der Waals surface area contributed by atoms with Crippen molar-refractivity contribution in [3.05, 3.63) is 52.0 Å². The van der Waals surface area contributed by atoms with E-state index in [0.29, 0.717) is 10.6 Å². The van der Waals surface area contributed by atoms with Crippen LogP contribution in [0.4, 0.5) is 14.9 Å². The van der Waals surface area contributed by atoms with E-state index in [2.05, 4.69) is 10.6 Å². The van der Waals surface area contributed by atoms with E-state index >= 15 is 0 Å². The summed E-state index contributed by atoms with van der Waals surface area (Å²) in [7, 11) is 0. The van der Waals surface area contributed by atoms with E-state index in [4.69, 9.17) is 5.21 Å². The Hall–Kier alpha value is -2.45. The number of hydrogen-bond donors (Lipinski definition) is 4. The Morgan fingerprint density at radius 3 is 2.50 bits per heavy atom. The van der Waals surface area contributed by atoms with Gasteiger partial charge in [-0.05, 0) is 43.3 Å². The minimum absolute atomic E-state index is 0.328. The number of rotatable bonds is 4. The smallest absolute Gasteiger partial charge is 0.319 e. The lowest BCUT2D eigenvalue weighted by Crippen LogP contribution is -2.30. The van der Waals surface area contributed by atoms with Gasteiger partial charge in [-0.2, -0.15) is 0 Å². The molecule has 1 aromatic carbocycles. The van der Waals surface area contributed by atoms with Crippen molar-refractivity contribution in [1.29, 1.82) is 0 Å². The molecule has 0 spiro atoms. The molecule has 2 aromatic rings. The van der Waals surface area contributed by atoms with E-state index in [0.717, 1.165) is 16.2 Å². The maximum atomic E-state index is 12.8. The molecule has 22 heavy (non-hydrogen) atoms. The molecule has 3 amide bonds. The Morgan fingerprint density at radius 1 is 1.18 bits per heavy atom. The summed E-state index contributed by atoms with van der Waals surface area (Å²) in [5.41, 5.74) is 2.02. The normalized spacial score (nSPS) is 11.6. The van der Waals surface area contributed by atoms with Gasteiger partial charge in [-0.1, -0.05) is 0 Å². The highest BCUT2D eigenvalue weighted by atomic mass is 32.1. The van der Waals surface area contributed by atoms with Crippen LogP contribution in [0.5, 0.6) is 0 Å². The van der Waals surface area contributed by atoms with E-state index in [1.807, 2.05) is 0 Å². The second-order valence-corrected chi connectivity index (χ2v) is 5.59. The summed E-state index contributed by atoms with van der Waals surface area (Å²) in [6.07, 6.45) is 0. The van der Waals surface area contributed by atoms with Crippen LogP contribution in [-0.2, 0) is 0 Å². The fourth-order valence-electron chi connectivity index (χ4n) is 1.73. The quantitative estimate of drug-likeness (QED) is 0.515. The van der Waals surface area contributed by atoms with Gasteiger partial charge in [-0.3, -0.25) is 10.0 Å². The van der Waals surface area contributed by atoms with Gasteiger partial charge in [0.1, 0.15) is 5.82 Å². The van der Waals surface area contributed by atoms with Crippen molar-refractivity contribution < 1.29 is 19.2 Å². The molecule has 1 unspecified atom stereocenters. The predicted molar refractivity (Wildman–Crippen MR) is 80.5 cm³/mol. The van der Waals surface area contributed by atoms with E-state index in [-0.39, 0.29) is 11.9 Å². The highest BCUT2D eigenvalue weighted by molar-refractivity contribution is 7.14. The molecule has 2 rings (SSSR count). The van der Waals surface area contributed by atoms with Crippen LogP contribution in [0.15, 0.2) is 36.4 Å². The molecular weight excluding hydrogens is 309 g/mol. The molecule has 0 radical (unpaired) electrons. The van der Waals surface area contributed by atoms with Gasteiger partial charge in [-0.15, -0.1) is 11.3 Å². The average molecular weight is 323 g/mol. The minimum Gasteiger partial charge on any atom is -0.331 e. The third-order valence-corrected chi connectivity index (χ3v) is 4.10. The topological polar surface area (TPSA) is 90.5 Å². The lowest BCUT2D eigenvalue weighted by molar-refractivity contribution is 0.0711. The first-order chi connectivity index (χ1) is 10.5. The molecule has 0 aliphatic rings. The molecule has 4 N–H and O–H groups in total. The van der Waals surface area contributed by atoms with Crippen molar-refractivity contribution in [2.45, 2.75) is 13.0 Å². The van der Waals surface area contributed by atoms with Crippen molar-refractivity contribution >= 4 is 29.0 Å². The van der Waals surface area contributed by atoms with Gasteiger partial charge in [0.05, 0.1) is 10.9 Å². The number of amides is 3. The Balaban J connectivity index is 1.94. The highest BCUT2D eigenvalue weighted by Gasteiger charge is 2.14. The van der Waals surface area contributed by atoms with Crippen LogP contribution in [0, 0.1) is 5.82 Å². The molecule has 8 heteroatoms. The number of carbonyl (C=O) groups excluding carboxylic acids is 2. The molecule has 116 valence electrons. The van der Waals surface area contributed by atoms with Crippen LogP contribution in [-0.4, -0.2) is 17.1 Å². The number of urea groups is 1. The number of hydrogen-bond acceptors (Lipinski definition) is 4. The van der Waals surface area contributed by atoms with E-state index in [1.54, 1.807) is 24.5 Å². The van der Waals surface area contributed by atoms with Gasteiger partial charge in [0.15, 0.2) is 0 Å². The van der Waals surface area contributed by atoms with Crippen molar-refractivity contribution in [2.24, 2.45) is 0 Å². The number of halogens is 1. The summed E-state index contributed by atoms with van der Waals surface area (Å²) < 4.78 is 12.8.